The lowest BCUT2D eigenvalue weighted by Gasteiger charge is -2.12. The second-order valence-corrected chi connectivity index (χ2v) is 4.27. The Morgan fingerprint density at radius 1 is 1.50 bits per heavy atom. The fourth-order valence-electron chi connectivity index (χ4n) is 1.51. The molecule has 0 fully saturated rings. The normalized spacial score (nSPS) is 12.4. The van der Waals surface area contributed by atoms with Gasteiger partial charge in [0, 0.05) is 19.6 Å². The summed E-state index contributed by atoms with van der Waals surface area (Å²) in [7, 11) is 0. The summed E-state index contributed by atoms with van der Waals surface area (Å²) in [6, 6.07) is 0. The summed E-state index contributed by atoms with van der Waals surface area (Å²) < 4.78 is 10.8. The summed E-state index contributed by atoms with van der Waals surface area (Å²) in [5, 5.41) is 2.79. The Labute approximate surface area is 108 Å². The van der Waals surface area contributed by atoms with E-state index in [1.54, 1.807) is 6.92 Å². The Morgan fingerprint density at radius 3 is 2.78 bits per heavy atom. The number of nitrogens with one attached hydrogen (secondary N) is 1. The van der Waals surface area contributed by atoms with Gasteiger partial charge in [-0.2, -0.15) is 0 Å². The number of hydrogen-bond donors (Lipinski definition) is 1. The van der Waals surface area contributed by atoms with E-state index < -0.39 is 0 Å². The smallest absolute Gasteiger partial charge is 0.289 e. The molecule has 1 amide bonds. The average molecular weight is 254 g/mol. The van der Waals surface area contributed by atoms with Crippen LogP contribution in [0.5, 0.6) is 0 Å². The lowest BCUT2D eigenvalue weighted by Crippen LogP contribution is -2.32. The number of carbonyl (C=O) groups excluding carboxylic acids is 1. The van der Waals surface area contributed by atoms with E-state index in [0.717, 1.165) is 6.42 Å². The van der Waals surface area contributed by atoms with Gasteiger partial charge in [-0.05, 0) is 20.3 Å². The SMILES string of the molecule is CCCO[C@@H](C)CNC(=O)c1oc(CC)nc1C. The number of carbonyl (C=O) groups is 1. The van der Waals surface area contributed by atoms with Gasteiger partial charge in [0.05, 0.1) is 11.8 Å². The van der Waals surface area contributed by atoms with Crippen molar-refractivity contribution < 1.29 is 13.9 Å². The van der Waals surface area contributed by atoms with Crippen LogP contribution in [-0.4, -0.2) is 30.1 Å². The summed E-state index contributed by atoms with van der Waals surface area (Å²) in [5.41, 5.74) is 0.631. The lowest BCUT2D eigenvalue weighted by atomic mass is 10.3. The zero-order valence-corrected chi connectivity index (χ0v) is 11.6. The molecule has 5 heteroatoms. The Morgan fingerprint density at radius 2 is 2.22 bits per heavy atom. The van der Waals surface area contributed by atoms with Gasteiger partial charge in [0.15, 0.2) is 5.89 Å². The summed E-state index contributed by atoms with van der Waals surface area (Å²) in [6.07, 6.45) is 1.66. The van der Waals surface area contributed by atoms with Crippen LogP contribution >= 0.6 is 0 Å². The second kappa shape index (κ2) is 7.16. The van der Waals surface area contributed by atoms with E-state index in [9.17, 15) is 4.79 Å². The fraction of sp³-hybridized carbons (Fsp3) is 0.692. The Kier molecular flexibility index (Phi) is 5.85. The minimum Gasteiger partial charge on any atom is -0.435 e. The Bertz CT molecular complexity index is 388. The lowest BCUT2D eigenvalue weighted by molar-refractivity contribution is 0.0614. The van der Waals surface area contributed by atoms with E-state index >= 15 is 0 Å². The van der Waals surface area contributed by atoms with Crippen molar-refractivity contribution >= 4 is 5.91 Å². The van der Waals surface area contributed by atoms with E-state index in [0.29, 0.717) is 36.9 Å². The highest BCUT2D eigenvalue weighted by atomic mass is 16.5. The van der Waals surface area contributed by atoms with Crippen molar-refractivity contribution in [1.82, 2.24) is 10.3 Å². The summed E-state index contributed by atoms with van der Waals surface area (Å²) in [5.74, 6) is 0.661. The van der Waals surface area contributed by atoms with Crippen LogP contribution in [0.15, 0.2) is 4.42 Å². The van der Waals surface area contributed by atoms with Crippen molar-refractivity contribution in [2.24, 2.45) is 0 Å². The Hall–Kier alpha value is -1.36. The zero-order valence-electron chi connectivity index (χ0n) is 11.6. The molecular formula is C13H22N2O3. The molecular weight excluding hydrogens is 232 g/mol. The quantitative estimate of drug-likeness (QED) is 0.809. The van der Waals surface area contributed by atoms with E-state index in [2.05, 4.69) is 17.2 Å². The number of aromatic nitrogens is 1. The molecule has 0 saturated heterocycles. The average Bonchev–Trinajstić information content (AvgIpc) is 2.74. The molecule has 1 rings (SSSR count). The van der Waals surface area contributed by atoms with Crippen molar-refractivity contribution in [2.75, 3.05) is 13.2 Å². The van der Waals surface area contributed by atoms with Gasteiger partial charge >= 0.3 is 0 Å². The van der Waals surface area contributed by atoms with Gasteiger partial charge in [-0.15, -0.1) is 0 Å². The van der Waals surface area contributed by atoms with Gasteiger partial charge < -0.3 is 14.5 Å². The highest BCUT2D eigenvalue weighted by molar-refractivity contribution is 5.92. The van der Waals surface area contributed by atoms with Crippen LogP contribution in [0.2, 0.25) is 0 Å². The second-order valence-electron chi connectivity index (χ2n) is 4.27. The largest absolute Gasteiger partial charge is 0.435 e. The van der Waals surface area contributed by atoms with Gasteiger partial charge in [0.2, 0.25) is 5.76 Å². The summed E-state index contributed by atoms with van der Waals surface area (Å²) in [6.45, 7) is 8.87. The van der Waals surface area contributed by atoms with Crippen LogP contribution < -0.4 is 5.32 Å². The monoisotopic (exact) mass is 254 g/mol. The molecule has 0 aromatic carbocycles. The van der Waals surface area contributed by atoms with Crippen molar-refractivity contribution in [2.45, 2.75) is 46.6 Å². The molecule has 1 heterocycles. The van der Waals surface area contributed by atoms with E-state index in [1.165, 1.54) is 0 Å². The molecule has 1 N–H and O–H groups in total. The summed E-state index contributed by atoms with van der Waals surface area (Å²) in [4.78, 5) is 16.0. The van der Waals surface area contributed by atoms with Gasteiger partial charge in [-0.1, -0.05) is 13.8 Å². The van der Waals surface area contributed by atoms with E-state index in [1.807, 2.05) is 13.8 Å². The van der Waals surface area contributed by atoms with Crippen molar-refractivity contribution in [3.8, 4) is 0 Å². The zero-order chi connectivity index (χ0) is 13.5. The molecule has 0 aliphatic heterocycles. The third-order valence-corrected chi connectivity index (χ3v) is 2.51. The maximum Gasteiger partial charge on any atom is 0.289 e. The molecule has 1 aromatic rings. The first kappa shape index (κ1) is 14.7. The third kappa shape index (κ3) is 4.14. The Balaban J connectivity index is 2.47. The molecule has 0 aliphatic carbocycles. The van der Waals surface area contributed by atoms with Gasteiger partial charge in [-0.25, -0.2) is 4.98 Å². The first-order valence-corrected chi connectivity index (χ1v) is 6.44. The molecule has 0 saturated carbocycles. The number of hydrogen-bond acceptors (Lipinski definition) is 4. The fourth-order valence-corrected chi connectivity index (χ4v) is 1.51. The molecule has 1 aromatic heterocycles. The maximum atomic E-state index is 11.9. The van der Waals surface area contributed by atoms with Crippen LogP contribution in [0.25, 0.3) is 0 Å². The van der Waals surface area contributed by atoms with E-state index in [-0.39, 0.29) is 12.0 Å². The van der Waals surface area contributed by atoms with E-state index in [4.69, 9.17) is 9.15 Å². The molecule has 5 nitrogen and oxygen atoms in total. The van der Waals surface area contributed by atoms with Crippen molar-refractivity contribution in [1.29, 1.82) is 0 Å². The van der Waals surface area contributed by atoms with Gasteiger partial charge in [0.1, 0.15) is 0 Å². The number of amides is 1. The predicted octanol–water partition coefficient (Wildman–Crippen LogP) is 2.09. The van der Waals surface area contributed by atoms with Gasteiger partial charge in [0.25, 0.3) is 5.91 Å². The molecule has 1 atom stereocenters. The first-order valence-electron chi connectivity index (χ1n) is 6.44. The maximum absolute atomic E-state index is 11.9. The molecule has 0 unspecified atom stereocenters. The van der Waals surface area contributed by atoms with Crippen LogP contribution in [0.3, 0.4) is 0 Å². The van der Waals surface area contributed by atoms with Crippen molar-refractivity contribution in [3.63, 3.8) is 0 Å². The van der Waals surface area contributed by atoms with Crippen molar-refractivity contribution in [3.05, 3.63) is 17.3 Å². The minimum atomic E-state index is -0.230. The van der Waals surface area contributed by atoms with Crippen LogP contribution in [-0.2, 0) is 11.2 Å². The summed E-state index contributed by atoms with van der Waals surface area (Å²) >= 11 is 0. The highest BCUT2D eigenvalue weighted by Crippen LogP contribution is 2.10. The molecule has 0 spiro atoms. The third-order valence-electron chi connectivity index (χ3n) is 2.51. The standard InChI is InChI=1S/C13H22N2O3/c1-5-7-17-9(3)8-14-13(16)12-10(4)15-11(6-2)18-12/h9H,5-8H2,1-4H3,(H,14,16)/t9-/m0/s1. The molecule has 0 aliphatic rings. The topological polar surface area (TPSA) is 64.4 Å². The molecule has 102 valence electrons. The predicted molar refractivity (Wildman–Crippen MR) is 68.7 cm³/mol. The number of aryl methyl sites for hydroxylation is 2. The minimum absolute atomic E-state index is 0.00257. The van der Waals surface area contributed by atoms with Gasteiger partial charge in [-0.3, -0.25) is 4.79 Å². The first-order chi connectivity index (χ1) is 8.58. The number of nitrogens with zero attached hydrogens (tertiary/aromatic N) is 1. The number of rotatable bonds is 7. The molecule has 18 heavy (non-hydrogen) atoms. The van der Waals surface area contributed by atoms with Crippen LogP contribution in [0.4, 0.5) is 0 Å². The molecule has 0 bridgehead atoms. The number of ether oxygens (including phenoxy) is 1. The van der Waals surface area contributed by atoms with Crippen LogP contribution in [0.1, 0.15) is 49.3 Å². The highest BCUT2D eigenvalue weighted by Gasteiger charge is 2.17. The van der Waals surface area contributed by atoms with Crippen LogP contribution in [0, 0.1) is 6.92 Å². The molecule has 0 radical (unpaired) electrons. The number of oxazole rings is 1.